The number of amides is 1. The van der Waals surface area contributed by atoms with Crippen LogP contribution >= 0.6 is 0 Å². The van der Waals surface area contributed by atoms with Crippen LogP contribution in [0.1, 0.15) is 57.8 Å². The van der Waals surface area contributed by atoms with E-state index in [1.807, 2.05) is 24.3 Å². The quantitative estimate of drug-likeness (QED) is 0.430. The van der Waals surface area contributed by atoms with Crippen LogP contribution in [0.5, 0.6) is 5.75 Å². The fourth-order valence-corrected chi connectivity index (χ4v) is 3.59. The van der Waals surface area contributed by atoms with Gasteiger partial charge >= 0.3 is 0 Å². The number of methoxy groups -OCH3 is 1. The second-order valence-corrected chi connectivity index (χ2v) is 7.83. The number of ether oxygens (including phenoxy) is 3. The van der Waals surface area contributed by atoms with Gasteiger partial charge in [0.05, 0.1) is 26.4 Å². The van der Waals surface area contributed by atoms with Gasteiger partial charge in [-0.2, -0.15) is 0 Å². The highest BCUT2D eigenvalue weighted by Gasteiger charge is 2.19. The summed E-state index contributed by atoms with van der Waals surface area (Å²) in [5.41, 5.74) is 8.02. The van der Waals surface area contributed by atoms with Gasteiger partial charge in [-0.3, -0.25) is 9.59 Å². The maximum Gasteiger partial charge on any atom is 0.269 e. The van der Waals surface area contributed by atoms with Gasteiger partial charge in [0.25, 0.3) is 5.91 Å². The molecule has 3 N–H and O–H groups in total. The van der Waals surface area contributed by atoms with Gasteiger partial charge in [-0.15, -0.1) is 0 Å². The summed E-state index contributed by atoms with van der Waals surface area (Å²) in [6, 6.07) is 10.9. The lowest BCUT2D eigenvalue weighted by Crippen LogP contribution is -2.41. The molecule has 0 spiro atoms. The minimum absolute atomic E-state index is 0.0219. The van der Waals surface area contributed by atoms with Crippen LogP contribution in [0.25, 0.3) is 0 Å². The zero-order valence-electron chi connectivity index (χ0n) is 18.6. The van der Waals surface area contributed by atoms with Gasteiger partial charge in [-0.1, -0.05) is 18.2 Å². The van der Waals surface area contributed by atoms with E-state index in [4.69, 9.17) is 19.9 Å². The highest BCUT2D eigenvalue weighted by Crippen LogP contribution is 2.22. The zero-order valence-corrected chi connectivity index (χ0v) is 18.6. The van der Waals surface area contributed by atoms with Crippen molar-refractivity contribution in [2.24, 2.45) is 5.73 Å². The number of hydrogen-bond acceptors (Lipinski definition) is 7. The minimum Gasteiger partial charge on any atom is -0.496 e. The number of carbonyl (C=O) groups excluding carboxylic acids is 2. The number of benzene rings is 1. The van der Waals surface area contributed by atoms with Gasteiger partial charge in [0.1, 0.15) is 11.4 Å². The van der Waals surface area contributed by atoms with Crippen molar-refractivity contribution in [3.05, 3.63) is 58.9 Å². The lowest BCUT2D eigenvalue weighted by Gasteiger charge is -2.27. The first-order valence-electron chi connectivity index (χ1n) is 10.9. The maximum absolute atomic E-state index is 12.9. The van der Waals surface area contributed by atoms with Crippen molar-refractivity contribution < 1.29 is 23.8 Å². The van der Waals surface area contributed by atoms with Gasteiger partial charge in [0.2, 0.25) is 0 Å². The first-order valence-corrected chi connectivity index (χ1v) is 10.9. The number of carbonyl (C=O) groups is 2. The normalized spacial score (nSPS) is 18.2. The molecule has 1 fully saturated rings. The molecule has 172 valence electrons. The van der Waals surface area contributed by atoms with E-state index < -0.39 is 0 Å². The van der Waals surface area contributed by atoms with Gasteiger partial charge in [-0.25, -0.2) is 4.98 Å². The molecule has 1 aliphatic heterocycles. The van der Waals surface area contributed by atoms with Crippen LogP contribution in [0.3, 0.4) is 0 Å². The molecular formula is C24H31N3O5. The molecule has 0 aliphatic carbocycles. The second-order valence-electron chi connectivity index (χ2n) is 7.83. The zero-order chi connectivity index (χ0) is 22.9. The van der Waals surface area contributed by atoms with Crippen LogP contribution in [-0.2, 0) is 15.9 Å². The third-order valence-corrected chi connectivity index (χ3v) is 5.31. The lowest BCUT2D eigenvalue weighted by molar-refractivity contribution is -0.188. The molecule has 2 aromatic rings. The van der Waals surface area contributed by atoms with Crippen molar-refractivity contribution in [3.63, 3.8) is 0 Å². The van der Waals surface area contributed by atoms with Crippen molar-refractivity contribution in [2.75, 3.05) is 27.4 Å². The van der Waals surface area contributed by atoms with E-state index in [9.17, 15) is 9.59 Å². The maximum atomic E-state index is 12.9. The number of ketones is 1. The number of aromatic nitrogens is 1. The Morgan fingerprint density at radius 3 is 2.66 bits per heavy atom. The predicted octanol–water partition coefficient (Wildman–Crippen LogP) is 2.48. The highest BCUT2D eigenvalue weighted by molar-refractivity contribution is 5.99. The molecular weight excluding hydrogens is 410 g/mol. The fraction of sp³-hybridized carbons (Fsp3) is 0.458. The molecule has 2 heterocycles. The molecule has 1 aliphatic rings. The first-order chi connectivity index (χ1) is 15.5. The predicted molar refractivity (Wildman–Crippen MR) is 120 cm³/mol. The summed E-state index contributed by atoms with van der Waals surface area (Å²) < 4.78 is 16.5. The molecule has 1 aromatic heterocycles. The summed E-state index contributed by atoms with van der Waals surface area (Å²) in [5, 5.41) is 2.58. The average Bonchev–Trinajstić information content (AvgIpc) is 2.82. The fourth-order valence-electron chi connectivity index (χ4n) is 3.59. The SMILES string of the molecule is CNC(=O)c1cc(C(=O)CCCCC2OCC(N)CO2)cc(Cc2ccccc2OC)n1. The Balaban J connectivity index is 1.65. The number of nitrogens with two attached hydrogens (primary N) is 1. The number of para-hydroxylation sites is 1. The third-order valence-electron chi connectivity index (χ3n) is 5.31. The summed E-state index contributed by atoms with van der Waals surface area (Å²) >= 11 is 0. The molecule has 1 saturated heterocycles. The monoisotopic (exact) mass is 441 g/mol. The largest absolute Gasteiger partial charge is 0.496 e. The summed E-state index contributed by atoms with van der Waals surface area (Å²) in [5.74, 6) is 0.387. The first kappa shape index (κ1) is 23.8. The van der Waals surface area contributed by atoms with E-state index in [1.54, 1.807) is 26.3 Å². The van der Waals surface area contributed by atoms with E-state index in [-0.39, 0.29) is 29.7 Å². The number of pyridine rings is 1. The van der Waals surface area contributed by atoms with Crippen LogP contribution in [-0.4, -0.2) is 56.4 Å². The van der Waals surface area contributed by atoms with E-state index in [0.29, 0.717) is 43.7 Å². The van der Waals surface area contributed by atoms with Crippen LogP contribution in [0.15, 0.2) is 36.4 Å². The van der Waals surface area contributed by atoms with Crippen molar-refractivity contribution in [1.82, 2.24) is 10.3 Å². The Morgan fingerprint density at radius 1 is 1.19 bits per heavy atom. The van der Waals surface area contributed by atoms with Crippen LogP contribution < -0.4 is 15.8 Å². The molecule has 0 atom stereocenters. The average molecular weight is 442 g/mol. The summed E-state index contributed by atoms with van der Waals surface area (Å²) in [6.45, 7) is 0.996. The molecule has 1 aromatic carbocycles. The number of nitrogens with zero attached hydrogens (tertiary/aromatic N) is 1. The van der Waals surface area contributed by atoms with Crippen LogP contribution in [0.2, 0.25) is 0 Å². The summed E-state index contributed by atoms with van der Waals surface area (Å²) in [6.07, 6.45) is 2.79. The highest BCUT2D eigenvalue weighted by atomic mass is 16.7. The van der Waals surface area contributed by atoms with Crippen molar-refractivity contribution in [3.8, 4) is 5.75 Å². The van der Waals surface area contributed by atoms with E-state index >= 15 is 0 Å². The standard InChI is InChI=1S/C24H31N3O5/c1-26-24(29)20-13-17(12-19(27-20)11-16-7-3-5-9-22(16)30-2)21(28)8-4-6-10-23-31-14-18(25)15-32-23/h3,5,7,9,12-13,18,23H,4,6,8,10-11,14-15,25H2,1-2H3,(H,26,29). The van der Waals surface area contributed by atoms with Crippen molar-refractivity contribution in [1.29, 1.82) is 0 Å². The number of nitrogens with one attached hydrogen (secondary N) is 1. The number of hydrogen-bond donors (Lipinski definition) is 2. The number of rotatable bonds is 10. The smallest absolute Gasteiger partial charge is 0.269 e. The Bertz CT molecular complexity index is 926. The Hall–Kier alpha value is -2.81. The Labute approximate surface area is 188 Å². The molecule has 8 heteroatoms. The molecule has 0 unspecified atom stereocenters. The van der Waals surface area contributed by atoms with Crippen LogP contribution in [0, 0.1) is 0 Å². The molecule has 0 bridgehead atoms. The minimum atomic E-state index is -0.328. The molecule has 0 saturated carbocycles. The topological polar surface area (TPSA) is 113 Å². The van der Waals surface area contributed by atoms with Gasteiger partial charge < -0.3 is 25.3 Å². The summed E-state index contributed by atoms with van der Waals surface area (Å²) in [4.78, 5) is 29.6. The Morgan fingerprint density at radius 2 is 1.94 bits per heavy atom. The van der Waals surface area contributed by atoms with E-state index in [0.717, 1.165) is 24.2 Å². The van der Waals surface area contributed by atoms with Gasteiger partial charge in [0.15, 0.2) is 12.1 Å². The second kappa shape index (κ2) is 11.7. The molecule has 0 radical (unpaired) electrons. The third kappa shape index (κ3) is 6.59. The molecule has 32 heavy (non-hydrogen) atoms. The Kier molecular flexibility index (Phi) is 8.72. The van der Waals surface area contributed by atoms with Crippen molar-refractivity contribution >= 4 is 11.7 Å². The van der Waals surface area contributed by atoms with E-state index in [2.05, 4.69) is 10.3 Å². The van der Waals surface area contributed by atoms with Gasteiger partial charge in [0, 0.05) is 36.7 Å². The molecule has 1 amide bonds. The number of Topliss-reactive ketones (excluding diaryl/α,β-unsaturated/α-hetero) is 1. The molecule has 8 nitrogen and oxygen atoms in total. The van der Waals surface area contributed by atoms with Crippen LogP contribution in [0.4, 0.5) is 0 Å². The van der Waals surface area contributed by atoms with E-state index in [1.165, 1.54) is 0 Å². The number of unbranched alkanes of at least 4 members (excludes halogenated alkanes) is 1. The lowest BCUT2D eigenvalue weighted by atomic mass is 10.0. The summed E-state index contributed by atoms with van der Waals surface area (Å²) in [7, 11) is 3.15. The van der Waals surface area contributed by atoms with Gasteiger partial charge in [-0.05, 0) is 37.5 Å². The van der Waals surface area contributed by atoms with Crippen molar-refractivity contribution in [2.45, 2.75) is 44.4 Å². The molecule has 3 rings (SSSR count).